The lowest BCUT2D eigenvalue weighted by Gasteiger charge is -2.11. The molecule has 0 saturated heterocycles. The Hall–Kier alpha value is -1.78. The van der Waals surface area contributed by atoms with Gasteiger partial charge < -0.3 is 4.74 Å². The van der Waals surface area contributed by atoms with Crippen LogP contribution in [-0.2, 0) is 5.88 Å². The van der Waals surface area contributed by atoms with Gasteiger partial charge >= 0.3 is 0 Å². The van der Waals surface area contributed by atoms with E-state index in [1.165, 1.54) is 12.1 Å². The van der Waals surface area contributed by atoms with E-state index in [1.54, 1.807) is 30.3 Å². The van der Waals surface area contributed by atoms with Crippen LogP contribution in [0.3, 0.4) is 0 Å². The molecular weight excluding hydrogens is 289 g/mol. The molecule has 0 aromatic heterocycles. The molecule has 0 amide bonds. The Morgan fingerprint density at radius 1 is 1.21 bits per heavy atom. The Bertz CT molecular complexity index is 617. The molecule has 0 bridgehead atoms. The molecule has 2 rings (SSSR count). The van der Waals surface area contributed by atoms with Gasteiger partial charge in [0.2, 0.25) is 0 Å². The van der Waals surface area contributed by atoms with Gasteiger partial charge in [0.25, 0.3) is 5.69 Å². The molecule has 2 aromatic rings. The number of hydrogen-bond acceptors (Lipinski definition) is 3. The van der Waals surface area contributed by atoms with Crippen LogP contribution in [-0.4, -0.2) is 4.92 Å². The summed E-state index contributed by atoms with van der Waals surface area (Å²) in [6, 6.07) is 11.1. The van der Waals surface area contributed by atoms with E-state index in [0.717, 1.165) is 5.56 Å². The van der Waals surface area contributed by atoms with Crippen LogP contribution in [0.4, 0.5) is 5.69 Å². The van der Waals surface area contributed by atoms with Crippen LogP contribution in [0.2, 0.25) is 5.02 Å². The van der Waals surface area contributed by atoms with Gasteiger partial charge in [0.15, 0.2) is 0 Å². The topological polar surface area (TPSA) is 52.4 Å². The second kappa shape index (κ2) is 5.91. The van der Waals surface area contributed by atoms with Crippen LogP contribution in [0.1, 0.15) is 5.56 Å². The van der Waals surface area contributed by atoms with Gasteiger partial charge in [-0.25, -0.2) is 0 Å². The maximum atomic E-state index is 10.7. The SMILES string of the molecule is O=[N+]([O-])c1cccc(Oc2c(Cl)cccc2CCl)c1. The van der Waals surface area contributed by atoms with Crippen molar-refractivity contribution >= 4 is 28.9 Å². The second-order valence-corrected chi connectivity index (χ2v) is 4.39. The molecule has 0 aliphatic carbocycles. The van der Waals surface area contributed by atoms with Crippen molar-refractivity contribution in [2.24, 2.45) is 0 Å². The number of nitro benzene ring substituents is 1. The Labute approximate surface area is 119 Å². The Kier molecular flexibility index (Phi) is 4.24. The lowest BCUT2D eigenvalue weighted by molar-refractivity contribution is -0.384. The number of halogens is 2. The maximum absolute atomic E-state index is 10.7. The van der Waals surface area contributed by atoms with Crippen molar-refractivity contribution in [3.63, 3.8) is 0 Å². The summed E-state index contributed by atoms with van der Waals surface area (Å²) in [5, 5.41) is 11.1. The monoisotopic (exact) mass is 297 g/mol. The van der Waals surface area contributed by atoms with Crippen molar-refractivity contribution in [2.75, 3.05) is 0 Å². The number of ether oxygens (including phenoxy) is 1. The first-order chi connectivity index (χ1) is 9.11. The molecule has 0 saturated carbocycles. The van der Waals surface area contributed by atoms with Crippen LogP contribution in [0, 0.1) is 10.1 Å². The normalized spacial score (nSPS) is 10.2. The fourth-order valence-electron chi connectivity index (χ4n) is 1.55. The predicted octanol–water partition coefficient (Wildman–Crippen LogP) is 4.78. The number of hydrogen-bond donors (Lipinski definition) is 0. The average Bonchev–Trinajstić information content (AvgIpc) is 2.41. The molecule has 0 N–H and O–H groups in total. The first-order valence-corrected chi connectivity index (χ1v) is 6.28. The molecule has 4 nitrogen and oxygen atoms in total. The average molecular weight is 298 g/mol. The summed E-state index contributed by atoms with van der Waals surface area (Å²) < 4.78 is 5.60. The molecule has 0 heterocycles. The zero-order valence-electron chi connectivity index (χ0n) is 9.68. The molecular formula is C13H9Cl2NO3. The van der Waals surface area contributed by atoms with E-state index in [-0.39, 0.29) is 11.6 Å². The summed E-state index contributed by atoms with van der Waals surface area (Å²) in [5.74, 6) is 0.999. The van der Waals surface area contributed by atoms with Gasteiger partial charge in [-0.2, -0.15) is 0 Å². The van der Waals surface area contributed by atoms with Crippen molar-refractivity contribution in [1.29, 1.82) is 0 Å². The van der Waals surface area contributed by atoms with E-state index in [9.17, 15) is 10.1 Å². The van der Waals surface area contributed by atoms with Crippen molar-refractivity contribution in [1.82, 2.24) is 0 Å². The highest BCUT2D eigenvalue weighted by molar-refractivity contribution is 6.32. The third-order valence-corrected chi connectivity index (χ3v) is 3.03. The third-order valence-electron chi connectivity index (χ3n) is 2.44. The second-order valence-electron chi connectivity index (χ2n) is 3.72. The number of alkyl halides is 1. The van der Waals surface area contributed by atoms with E-state index in [4.69, 9.17) is 27.9 Å². The number of nitrogens with zero attached hydrogens (tertiary/aromatic N) is 1. The number of para-hydroxylation sites is 1. The highest BCUT2D eigenvalue weighted by Gasteiger charge is 2.11. The molecule has 0 spiro atoms. The predicted molar refractivity (Wildman–Crippen MR) is 74.2 cm³/mol. The van der Waals surface area contributed by atoms with Crippen LogP contribution >= 0.6 is 23.2 Å². The van der Waals surface area contributed by atoms with E-state index in [0.29, 0.717) is 16.5 Å². The van der Waals surface area contributed by atoms with Gasteiger partial charge in [0, 0.05) is 11.6 Å². The summed E-state index contributed by atoms with van der Waals surface area (Å²) in [6.45, 7) is 0. The minimum absolute atomic E-state index is 0.0445. The molecule has 0 fully saturated rings. The van der Waals surface area contributed by atoms with E-state index < -0.39 is 4.92 Å². The molecule has 2 aromatic carbocycles. The largest absolute Gasteiger partial charge is 0.455 e. The van der Waals surface area contributed by atoms with Gasteiger partial charge in [0.1, 0.15) is 11.5 Å². The third kappa shape index (κ3) is 3.16. The highest BCUT2D eigenvalue weighted by Crippen LogP contribution is 2.34. The highest BCUT2D eigenvalue weighted by atomic mass is 35.5. The summed E-state index contributed by atoms with van der Waals surface area (Å²) in [7, 11) is 0. The molecule has 98 valence electrons. The van der Waals surface area contributed by atoms with Crippen molar-refractivity contribution in [2.45, 2.75) is 5.88 Å². The van der Waals surface area contributed by atoms with Gasteiger partial charge in [0.05, 0.1) is 21.9 Å². The van der Waals surface area contributed by atoms with Crippen molar-refractivity contribution in [3.05, 3.63) is 63.2 Å². The zero-order valence-corrected chi connectivity index (χ0v) is 11.2. The molecule has 0 aliphatic heterocycles. The summed E-state index contributed by atoms with van der Waals surface area (Å²) in [5.41, 5.74) is 0.678. The van der Waals surface area contributed by atoms with E-state index >= 15 is 0 Å². The zero-order chi connectivity index (χ0) is 13.8. The fourth-order valence-corrected chi connectivity index (χ4v) is 1.99. The van der Waals surface area contributed by atoms with Gasteiger partial charge in [-0.15, -0.1) is 11.6 Å². The van der Waals surface area contributed by atoms with Crippen LogP contribution < -0.4 is 4.74 Å². The Morgan fingerprint density at radius 2 is 1.95 bits per heavy atom. The van der Waals surface area contributed by atoms with Gasteiger partial charge in [-0.1, -0.05) is 29.8 Å². The molecule has 19 heavy (non-hydrogen) atoms. The van der Waals surface area contributed by atoms with Crippen LogP contribution in [0.15, 0.2) is 42.5 Å². The van der Waals surface area contributed by atoms with E-state index in [1.807, 2.05) is 0 Å². The lowest BCUT2D eigenvalue weighted by Crippen LogP contribution is -1.92. The number of non-ortho nitro benzene ring substituents is 1. The molecule has 0 aliphatic rings. The molecule has 0 atom stereocenters. The maximum Gasteiger partial charge on any atom is 0.273 e. The Morgan fingerprint density at radius 3 is 2.63 bits per heavy atom. The standard InChI is InChI=1S/C13H9Cl2NO3/c14-8-9-3-1-6-12(15)13(9)19-11-5-2-4-10(7-11)16(17)18/h1-7H,8H2. The first-order valence-electron chi connectivity index (χ1n) is 5.37. The van der Waals surface area contributed by atoms with Crippen LogP contribution in [0.5, 0.6) is 11.5 Å². The Balaban J connectivity index is 2.36. The van der Waals surface area contributed by atoms with Crippen molar-refractivity contribution in [3.8, 4) is 11.5 Å². The van der Waals surface area contributed by atoms with E-state index in [2.05, 4.69) is 0 Å². The van der Waals surface area contributed by atoms with Gasteiger partial charge in [-0.05, 0) is 12.1 Å². The first kappa shape index (κ1) is 13.6. The summed E-state index contributed by atoms with van der Waals surface area (Å²) >= 11 is 11.8. The summed E-state index contributed by atoms with van der Waals surface area (Å²) in [4.78, 5) is 10.2. The van der Waals surface area contributed by atoms with Crippen molar-refractivity contribution < 1.29 is 9.66 Å². The smallest absolute Gasteiger partial charge is 0.273 e. The van der Waals surface area contributed by atoms with Crippen LogP contribution in [0.25, 0.3) is 0 Å². The molecule has 6 heteroatoms. The number of rotatable bonds is 4. The lowest BCUT2D eigenvalue weighted by atomic mass is 10.2. The fraction of sp³-hybridized carbons (Fsp3) is 0.0769. The quantitative estimate of drug-likeness (QED) is 0.463. The molecule has 0 unspecified atom stereocenters. The van der Waals surface area contributed by atoms with Gasteiger partial charge in [-0.3, -0.25) is 10.1 Å². The number of benzene rings is 2. The molecule has 0 radical (unpaired) electrons. The minimum atomic E-state index is -0.484. The number of nitro groups is 1. The minimum Gasteiger partial charge on any atom is -0.455 e. The summed E-state index contributed by atoms with van der Waals surface area (Å²) in [6.07, 6.45) is 0.